The van der Waals surface area contributed by atoms with Gasteiger partial charge in [0, 0.05) is 23.0 Å². The molecule has 156 valence electrons. The molecule has 0 unspecified atom stereocenters. The number of carbonyl (C=O) groups is 1. The maximum absolute atomic E-state index is 12.8. The van der Waals surface area contributed by atoms with E-state index in [9.17, 15) is 10.1 Å². The third-order valence-electron chi connectivity index (χ3n) is 5.08. The molecule has 0 aliphatic carbocycles. The molecule has 3 aromatic carbocycles. The number of hydrogen-bond donors (Lipinski definition) is 1. The van der Waals surface area contributed by atoms with Crippen LogP contribution in [0.1, 0.15) is 16.7 Å². The number of amides is 1. The number of anilines is 1. The highest BCUT2D eigenvalue weighted by Crippen LogP contribution is 2.25. The standard InChI is InChI=1S/C27H22N4O/c1-20-10-8-9-15-25(20)29-27(32)23(17-28)16-24-19-31(18-21-11-4-2-5-12-21)30-26(24)22-13-6-3-7-14-22/h2-16,19H,18H2,1H3,(H,29,32)/b23-16-. The van der Waals surface area contributed by atoms with Crippen LogP contribution in [0.3, 0.4) is 0 Å². The molecule has 0 bridgehead atoms. The zero-order chi connectivity index (χ0) is 22.3. The van der Waals surface area contributed by atoms with Gasteiger partial charge in [0.15, 0.2) is 0 Å². The maximum atomic E-state index is 12.8. The predicted molar refractivity (Wildman–Crippen MR) is 127 cm³/mol. The first kappa shape index (κ1) is 20.8. The number of hydrogen-bond acceptors (Lipinski definition) is 3. The summed E-state index contributed by atoms with van der Waals surface area (Å²) in [4.78, 5) is 12.8. The quantitative estimate of drug-likeness (QED) is 0.334. The van der Waals surface area contributed by atoms with E-state index in [-0.39, 0.29) is 5.57 Å². The van der Waals surface area contributed by atoms with Gasteiger partial charge in [0.25, 0.3) is 5.91 Å². The second-order valence-corrected chi connectivity index (χ2v) is 7.42. The van der Waals surface area contributed by atoms with Crippen molar-refractivity contribution in [1.82, 2.24) is 9.78 Å². The fourth-order valence-electron chi connectivity index (χ4n) is 3.42. The van der Waals surface area contributed by atoms with Crippen LogP contribution in [-0.4, -0.2) is 15.7 Å². The lowest BCUT2D eigenvalue weighted by Gasteiger charge is -2.07. The largest absolute Gasteiger partial charge is 0.321 e. The Hall–Kier alpha value is -4.43. The van der Waals surface area contributed by atoms with Crippen molar-refractivity contribution in [3.05, 3.63) is 113 Å². The molecule has 32 heavy (non-hydrogen) atoms. The lowest BCUT2D eigenvalue weighted by Crippen LogP contribution is -2.14. The molecule has 0 atom stereocenters. The van der Waals surface area contributed by atoms with E-state index in [0.29, 0.717) is 17.8 Å². The molecule has 5 nitrogen and oxygen atoms in total. The molecule has 1 amide bonds. The lowest BCUT2D eigenvalue weighted by atomic mass is 10.1. The van der Waals surface area contributed by atoms with Crippen LogP contribution in [-0.2, 0) is 11.3 Å². The van der Waals surface area contributed by atoms with Gasteiger partial charge < -0.3 is 5.32 Å². The highest BCUT2D eigenvalue weighted by Gasteiger charge is 2.15. The molecular formula is C27H22N4O. The number of aromatic nitrogens is 2. The minimum absolute atomic E-state index is 0.0182. The first-order valence-corrected chi connectivity index (χ1v) is 10.3. The van der Waals surface area contributed by atoms with Gasteiger partial charge in [-0.2, -0.15) is 10.4 Å². The van der Waals surface area contributed by atoms with Crippen molar-refractivity contribution in [2.24, 2.45) is 0 Å². The van der Waals surface area contributed by atoms with Crippen molar-refractivity contribution in [2.75, 3.05) is 5.32 Å². The lowest BCUT2D eigenvalue weighted by molar-refractivity contribution is -0.112. The summed E-state index contributed by atoms with van der Waals surface area (Å²) in [5.74, 6) is -0.448. The predicted octanol–water partition coefficient (Wildman–Crippen LogP) is 5.45. The summed E-state index contributed by atoms with van der Waals surface area (Å²) in [7, 11) is 0. The molecule has 1 aromatic heterocycles. The second kappa shape index (κ2) is 9.59. The summed E-state index contributed by atoms with van der Waals surface area (Å²) < 4.78 is 1.83. The van der Waals surface area contributed by atoms with Crippen LogP contribution >= 0.6 is 0 Å². The van der Waals surface area contributed by atoms with E-state index in [2.05, 4.69) is 5.32 Å². The SMILES string of the molecule is Cc1ccccc1NC(=O)/C(C#N)=C\c1cn(Cc2ccccc2)nc1-c1ccccc1. The van der Waals surface area contributed by atoms with Crippen LogP contribution in [0.15, 0.2) is 96.7 Å². The van der Waals surface area contributed by atoms with Crippen molar-refractivity contribution in [2.45, 2.75) is 13.5 Å². The van der Waals surface area contributed by atoms with Gasteiger partial charge in [-0.1, -0.05) is 78.9 Å². The second-order valence-electron chi connectivity index (χ2n) is 7.42. The molecule has 0 saturated heterocycles. The number of carbonyl (C=O) groups excluding carboxylic acids is 1. The van der Waals surface area contributed by atoms with Gasteiger partial charge in [0.1, 0.15) is 11.6 Å². The van der Waals surface area contributed by atoms with Crippen molar-refractivity contribution in [3.63, 3.8) is 0 Å². The number of nitrogens with zero attached hydrogens (tertiary/aromatic N) is 3. The average molecular weight is 419 g/mol. The fourth-order valence-corrected chi connectivity index (χ4v) is 3.42. The number of rotatable bonds is 6. The molecule has 1 heterocycles. The maximum Gasteiger partial charge on any atom is 0.266 e. The normalized spacial score (nSPS) is 11.1. The minimum atomic E-state index is -0.448. The summed E-state index contributed by atoms with van der Waals surface area (Å²) in [6, 6.07) is 29.3. The van der Waals surface area contributed by atoms with Crippen molar-refractivity contribution in [3.8, 4) is 17.3 Å². The molecule has 4 aromatic rings. The Morgan fingerprint density at radius 3 is 2.34 bits per heavy atom. The summed E-state index contributed by atoms with van der Waals surface area (Å²) in [6.07, 6.45) is 3.47. The number of nitrogens with one attached hydrogen (secondary N) is 1. The summed E-state index contributed by atoms with van der Waals surface area (Å²) in [6.45, 7) is 2.50. The number of nitriles is 1. The minimum Gasteiger partial charge on any atom is -0.321 e. The summed E-state index contributed by atoms with van der Waals surface area (Å²) >= 11 is 0. The van der Waals surface area contributed by atoms with E-state index in [0.717, 1.165) is 22.4 Å². The Morgan fingerprint density at radius 2 is 1.66 bits per heavy atom. The monoisotopic (exact) mass is 418 g/mol. The third-order valence-corrected chi connectivity index (χ3v) is 5.08. The Kier molecular flexibility index (Phi) is 6.24. The smallest absolute Gasteiger partial charge is 0.266 e. The first-order chi connectivity index (χ1) is 15.6. The fraction of sp³-hybridized carbons (Fsp3) is 0.0741. The van der Waals surface area contributed by atoms with Crippen LogP contribution < -0.4 is 5.32 Å². The van der Waals surface area contributed by atoms with E-state index in [4.69, 9.17) is 5.10 Å². The number of benzene rings is 3. The van der Waals surface area contributed by atoms with Gasteiger partial charge in [0.05, 0.1) is 12.2 Å². The highest BCUT2D eigenvalue weighted by molar-refractivity contribution is 6.10. The molecular weight excluding hydrogens is 396 g/mol. The Labute approximate surface area is 187 Å². The van der Waals surface area contributed by atoms with Gasteiger partial charge in [-0.25, -0.2) is 0 Å². The molecule has 0 aliphatic heterocycles. The van der Waals surface area contributed by atoms with Crippen molar-refractivity contribution >= 4 is 17.7 Å². The number of para-hydroxylation sites is 1. The van der Waals surface area contributed by atoms with Crippen molar-refractivity contribution < 1.29 is 4.79 Å². The van der Waals surface area contributed by atoms with Crippen LogP contribution in [0.25, 0.3) is 17.3 Å². The zero-order valence-corrected chi connectivity index (χ0v) is 17.7. The molecule has 0 spiro atoms. The van der Waals surface area contributed by atoms with E-state index in [1.807, 2.05) is 109 Å². The molecule has 0 saturated carbocycles. The van der Waals surface area contributed by atoms with Gasteiger partial charge in [-0.15, -0.1) is 0 Å². The Bertz CT molecular complexity index is 1300. The first-order valence-electron chi connectivity index (χ1n) is 10.3. The topological polar surface area (TPSA) is 70.7 Å². The van der Waals surface area contributed by atoms with Gasteiger partial charge in [0.2, 0.25) is 0 Å². The van der Waals surface area contributed by atoms with Crippen molar-refractivity contribution in [1.29, 1.82) is 5.26 Å². The third kappa shape index (κ3) is 4.82. The van der Waals surface area contributed by atoms with Crippen LogP contribution in [0.4, 0.5) is 5.69 Å². The van der Waals surface area contributed by atoms with E-state index >= 15 is 0 Å². The van der Waals surface area contributed by atoms with E-state index in [1.54, 1.807) is 6.08 Å². The summed E-state index contributed by atoms with van der Waals surface area (Å²) in [5, 5.41) is 17.3. The molecule has 1 N–H and O–H groups in total. The zero-order valence-electron chi connectivity index (χ0n) is 17.7. The van der Waals surface area contributed by atoms with E-state index < -0.39 is 5.91 Å². The van der Waals surface area contributed by atoms with Crippen LogP contribution in [0.2, 0.25) is 0 Å². The Balaban J connectivity index is 1.70. The molecule has 5 heteroatoms. The molecule has 0 fully saturated rings. The highest BCUT2D eigenvalue weighted by atomic mass is 16.1. The number of aryl methyl sites for hydroxylation is 1. The molecule has 4 rings (SSSR count). The summed E-state index contributed by atoms with van der Waals surface area (Å²) in [5.41, 5.74) is 5.09. The van der Waals surface area contributed by atoms with Crippen LogP contribution in [0.5, 0.6) is 0 Å². The molecule has 0 aliphatic rings. The van der Waals surface area contributed by atoms with Gasteiger partial charge in [-0.05, 0) is 30.2 Å². The van der Waals surface area contributed by atoms with Gasteiger partial charge in [-0.3, -0.25) is 9.48 Å². The average Bonchev–Trinajstić information content (AvgIpc) is 3.22. The Morgan fingerprint density at radius 1 is 1.00 bits per heavy atom. The van der Waals surface area contributed by atoms with E-state index in [1.165, 1.54) is 0 Å². The molecule has 0 radical (unpaired) electrons. The van der Waals surface area contributed by atoms with Crippen LogP contribution in [0, 0.1) is 18.3 Å². The van der Waals surface area contributed by atoms with Gasteiger partial charge >= 0.3 is 0 Å².